The van der Waals surface area contributed by atoms with Crippen LogP contribution in [-0.2, 0) is 10.2 Å². The lowest BCUT2D eigenvalue weighted by atomic mass is 9.86. The molecule has 0 bridgehead atoms. The highest BCUT2D eigenvalue weighted by atomic mass is 35.5. The second-order valence-electron chi connectivity index (χ2n) is 10.1. The van der Waals surface area contributed by atoms with Crippen LogP contribution in [0.1, 0.15) is 57.2 Å². The first kappa shape index (κ1) is 23.2. The van der Waals surface area contributed by atoms with E-state index >= 15 is 0 Å². The molecular weight excluding hydrogens is 445 g/mol. The Morgan fingerprint density at radius 3 is 2.64 bits per heavy atom. The van der Waals surface area contributed by atoms with Crippen LogP contribution < -0.4 is 5.32 Å². The van der Waals surface area contributed by atoms with Gasteiger partial charge in [0.05, 0.1) is 16.3 Å². The number of hydrogen-bond acceptors (Lipinski definition) is 4. The predicted molar refractivity (Wildman–Crippen MR) is 126 cm³/mol. The zero-order valence-corrected chi connectivity index (χ0v) is 20.1. The van der Waals surface area contributed by atoms with Gasteiger partial charge in [-0.15, -0.1) is 0 Å². The maximum absolute atomic E-state index is 14.1. The fourth-order valence-electron chi connectivity index (χ4n) is 4.01. The van der Waals surface area contributed by atoms with Gasteiger partial charge in [0.25, 0.3) is 5.91 Å². The van der Waals surface area contributed by atoms with Crippen molar-refractivity contribution in [3.8, 4) is 11.3 Å². The minimum Gasteiger partial charge on any atom is -0.449 e. The molecule has 6 nitrogen and oxygen atoms in total. The summed E-state index contributed by atoms with van der Waals surface area (Å²) in [6.07, 6.45) is 0.229. The monoisotopic (exact) mass is 471 g/mol. The maximum Gasteiger partial charge on any atom is 0.290 e. The van der Waals surface area contributed by atoms with E-state index in [9.17, 15) is 14.0 Å². The number of carbonyl (C=O) groups excluding carboxylic acids is 2. The number of nitrogens with zero attached hydrogens (tertiary/aromatic N) is 2. The Labute approximate surface area is 197 Å². The van der Waals surface area contributed by atoms with Crippen molar-refractivity contribution in [2.45, 2.75) is 52.0 Å². The fraction of sp³-hybridized carbons (Fsp3) is 0.400. The van der Waals surface area contributed by atoms with Crippen molar-refractivity contribution in [1.29, 1.82) is 0 Å². The molecule has 3 heterocycles. The molecule has 33 heavy (non-hydrogen) atoms. The van der Waals surface area contributed by atoms with Gasteiger partial charge in [0.15, 0.2) is 11.3 Å². The van der Waals surface area contributed by atoms with Crippen LogP contribution in [-0.4, -0.2) is 40.3 Å². The van der Waals surface area contributed by atoms with Crippen molar-refractivity contribution in [1.82, 2.24) is 15.2 Å². The molecule has 0 aliphatic carbocycles. The molecule has 0 saturated carbocycles. The molecule has 1 fully saturated rings. The van der Waals surface area contributed by atoms with Gasteiger partial charge in [-0.2, -0.15) is 0 Å². The zero-order valence-electron chi connectivity index (χ0n) is 19.4. The lowest BCUT2D eigenvalue weighted by Crippen LogP contribution is -2.51. The molecule has 0 atom stereocenters. The van der Waals surface area contributed by atoms with E-state index < -0.39 is 11.4 Å². The Morgan fingerprint density at radius 2 is 1.97 bits per heavy atom. The van der Waals surface area contributed by atoms with Crippen molar-refractivity contribution >= 4 is 34.5 Å². The van der Waals surface area contributed by atoms with Crippen LogP contribution in [0.5, 0.6) is 0 Å². The van der Waals surface area contributed by atoms with Crippen LogP contribution in [0.15, 0.2) is 34.7 Å². The summed E-state index contributed by atoms with van der Waals surface area (Å²) >= 11 is 5.84. The number of fused-ring (bicyclic) bond motifs is 1. The van der Waals surface area contributed by atoms with E-state index in [0.717, 1.165) is 5.56 Å². The molecule has 1 aliphatic rings. The summed E-state index contributed by atoms with van der Waals surface area (Å²) in [6.45, 7) is 10.6. The lowest BCUT2D eigenvalue weighted by Gasteiger charge is -2.35. The summed E-state index contributed by atoms with van der Waals surface area (Å²) in [5, 5.41) is 2.89. The normalized spacial score (nSPS) is 16.6. The standard InChI is InChI=1S/C25H27ClFN3O3/c1-24(2,3)15-11-18(14-6-7-16(26)17(27)10-14)29-19-12-20(33-22(15)19)23(32)30-9-8-21(31)28-13-25(30,4)5/h6-7,10-12H,8-9,13H2,1-5H3,(H,28,31). The highest BCUT2D eigenvalue weighted by Crippen LogP contribution is 2.36. The Balaban J connectivity index is 1.83. The van der Waals surface area contributed by atoms with Crippen LogP contribution >= 0.6 is 11.6 Å². The molecule has 2 aromatic heterocycles. The largest absolute Gasteiger partial charge is 0.449 e. The molecule has 1 N–H and O–H groups in total. The number of amides is 2. The zero-order chi connectivity index (χ0) is 24.1. The van der Waals surface area contributed by atoms with E-state index in [1.807, 2.05) is 40.7 Å². The van der Waals surface area contributed by atoms with Gasteiger partial charge in [-0.3, -0.25) is 9.59 Å². The SMILES string of the molecule is CC(C)(C)c1cc(-c2ccc(Cl)c(F)c2)nc2cc(C(=O)N3CCC(=O)NCC3(C)C)oc12. The number of furan rings is 1. The van der Waals surface area contributed by atoms with Crippen LogP contribution in [0, 0.1) is 5.82 Å². The third kappa shape index (κ3) is 4.47. The summed E-state index contributed by atoms with van der Waals surface area (Å²) in [4.78, 5) is 31.6. The van der Waals surface area contributed by atoms with Gasteiger partial charge >= 0.3 is 0 Å². The Morgan fingerprint density at radius 1 is 1.24 bits per heavy atom. The van der Waals surface area contributed by atoms with Gasteiger partial charge in [-0.1, -0.05) is 38.4 Å². The lowest BCUT2D eigenvalue weighted by molar-refractivity contribution is -0.120. The Hall–Kier alpha value is -2.93. The first-order chi connectivity index (χ1) is 15.4. The predicted octanol–water partition coefficient (Wildman–Crippen LogP) is 5.33. The first-order valence-electron chi connectivity index (χ1n) is 10.9. The van der Waals surface area contributed by atoms with E-state index in [4.69, 9.17) is 16.0 Å². The Kier molecular flexibility index (Phi) is 5.73. The van der Waals surface area contributed by atoms with Crippen molar-refractivity contribution in [3.63, 3.8) is 0 Å². The number of carbonyl (C=O) groups is 2. The smallest absolute Gasteiger partial charge is 0.290 e. The second kappa shape index (κ2) is 8.13. The molecule has 8 heteroatoms. The third-order valence-corrected chi connectivity index (χ3v) is 6.28. The molecule has 0 spiro atoms. The molecular formula is C25H27ClFN3O3. The summed E-state index contributed by atoms with van der Waals surface area (Å²) in [5.41, 5.74) is 2.13. The number of halogens is 2. The molecule has 174 valence electrons. The van der Waals surface area contributed by atoms with Crippen LogP contribution in [0.4, 0.5) is 4.39 Å². The van der Waals surface area contributed by atoms with E-state index in [1.165, 1.54) is 12.1 Å². The molecule has 2 amide bonds. The fourth-order valence-corrected chi connectivity index (χ4v) is 4.13. The molecule has 1 aliphatic heterocycles. The van der Waals surface area contributed by atoms with Gasteiger partial charge in [-0.05, 0) is 37.5 Å². The number of hydrogen-bond donors (Lipinski definition) is 1. The minimum atomic E-state index is -0.575. The quantitative estimate of drug-likeness (QED) is 0.548. The summed E-state index contributed by atoms with van der Waals surface area (Å²) in [6, 6.07) is 8.04. The van der Waals surface area contributed by atoms with E-state index in [1.54, 1.807) is 17.0 Å². The van der Waals surface area contributed by atoms with Gasteiger partial charge in [-0.25, -0.2) is 9.37 Å². The van der Waals surface area contributed by atoms with Crippen molar-refractivity contribution in [2.24, 2.45) is 0 Å². The Bertz CT molecular complexity index is 1260. The van der Waals surface area contributed by atoms with Gasteiger partial charge in [0, 0.05) is 36.7 Å². The minimum absolute atomic E-state index is 0.0418. The molecule has 4 rings (SSSR count). The van der Waals surface area contributed by atoms with E-state index in [2.05, 4.69) is 10.3 Å². The maximum atomic E-state index is 14.1. The van der Waals surface area contributed by atoms with Crippen LogP contribution in [0.2, 0.25) is 5.02 Å². The molecule has 1 aromatic carbocycles. The number of benzene rings is 1. The van der Waals surface area contributed by atoms with Crippen molar-refractivity contribution < 1.29 is 18.4 Å². The topological polar surface area (TPSA) is 75.4 Å². The average molecular weight is 472 g/mol. The van der Waals surface area contributed by atoms with Gasteiger partial charge in [0.1, 0.15) is 11.3 Å². The van der Waals surface area contributed by atoms with E-state index in [0.29, 0.717) is 35.4 Å². The average Bonchev–Trinajstić information content (AvgIpc) is 3.11. The molecule has 1 saturated heterocycles. The summed E-state index contributed by atoms with van der Waals surface area (Å²) < 4.78 is 20.2. The summed E-state index contributed by atoms with van der Waals surface area (Å²) in [7, 11) is 0. The number of pyridine rings is 1. The van der Waals surface area contributed by atoms with Crippen LogP contribution in [0.25, 0.3) is 22.4 Å². The van der Waals surface area contributed by atoms with E-state index in [-0.39, 0.29) is 34.4 Å². The van der Waals surface area contributed by atoms with Gasteiger partial charge < -0.3 is 14.6 Å². The van der Waals surface area contributed by atoms with Crippen LogP contribution in [0.3, 0.4) is 0 Å². The third-order valence-electron chi connectivity index (χ3n) is 5.97. The second-order valence-corrected chi connectivity index (χ2v) is 10.5. The first-order valence-corrected chi connectivity index (χ1v) is 11.2. The number of aromatic nitrogens is 1. The highest BCUT2D eigenvalue weighted by Gasteiger charge is 2.36. The molecule has 0 unspecified atom stereocenters. The van der Waals surface area contributed by atoms with Gasteiger partial charge in [0.2, 0.25) is 5.91 Å². The number of rotatable bonds is 2. The van der Waals surface area contributed by atoms with Crippen molar-refractivity contribution in [3.05, 3.63) is 52.5 Å². The van der Waals surface area contributed by atoms with Crippen molar-refractivity contribution in [2.75, 3.05) is 13.1 Å². The molecule has 3 aromatic rings. The number of nitrogens with one attached hydrogen (secondary N) is 1. The molecule has 0 radical (unpaired) electrons. The highest BCUT2D eigenvalue weighted by molar-refractivity contribution is 6.30. The summed E-state index contributed by atoms with van der Waals surface area (Å²) in [5.74, 6) is -0.749.